The second kappa shape index (κ2) is 6.77. The Hall–Kier alpha value is -0.920. The van der Waals surface area contributed by atoms with Gasteiger partial charge in [-0.3, -0.25) is 0 Å². The van der Waals surface area contributed by atoms with Crippen LogP contribution in [-0.2, 0) is 6.42 Å². The molecule has 0 aliphatic heterocycles. The molecule has 1 rings (SSSR count). The first-order valence-corrected chi connectivity index (χ1v) is 4.53. The molecule has 12 heavy (non-hydrogen) atoms. The maximum atomic E-state index is 3.93. The fourth-order valence-corrected chi connectivity index (χ4v) is 0.907. The Kier molecular flexibility index (Phi) is 6.25. The summed E-state index contributed by atoms with van der Waals surface area (Å²) in [6.07, 6.45) is 6.37. The third kappa shape index (κ3) is 4.83. The van der Waals surface area contributed by atoms with Gasteiger partial charge in [0.1, 0.15) is 6.33 Å². The van der Waals surface area contributed by atoms with Gasteiger partial charge in [0.25, 0.3) is 0 Å². The van der Waals surface area contributed by atoms with E-state index in [1.807, 2.05) is 26.2 Å². The van der Waals surface area contributed by atoms with E-state index in [1.165, 1.54) is 5.56 Å². The molecule has 0 spiro atoms. The number of aromatic nitrogens is 2. The zero-order valence-corrected chi connectivity index (χ0v) is 8.41. The Morgan fingerprint density at radius 3 is 2.08 bits per heavy atom. The van der Waals surface area contributed by atoms with Crippen molar-refractivity contribution in [3.63, 3.8) is 0 Å². The maximum absolute atomic E-state index is 3.93. The first kappa shape index (κ1) is 11.1. The molecule has 2 nitrogen and oxygen atoms in total. The SMILES string of the molecule is CC.CC(C)Cc1cncnc1. The summed E-state index contributed by atoms with van der Waals surface area (Å²) in [4.78, 5) is 7.85. The molecule has 0 aliphatic carbocycles. The fourth-order valence-electron chi connectivity index (χ4n) is 0.907. The van der Waals surface area contributed by atoms with Crippen LogP contribution in [0.3, 0.4) is 0 Å². The quantitative estimate of drug-likeness (QED) is 0.675. The molecular weight excluding hydrogens is 148 g/mol. The average Bonchev–Trinajstić information content (AvgIpc) is 2.08. The Morgan fingerprint density at radius 2 is 1.67 bits per heavy atom. The van der Waals surface area contributed by atoms with Gasteiger partial charge in [0.05, 0.1) is 0 Å². The summed E-state index contributed by atoms with van der Waals surface area (Å²) in [5.41, 5.74) is 1.22. The number of nitrogens with zero attached hydrogens (tertiary/aromatic N) is 2. The number of hydrogen-bond donors (Lipinski definition) is 0. The minimum Gasteiger partial charge on any atom is -0.245 e. The van der Waals surface area contributed by atoms with Crippen LogP contribution in [0.4, 0.5) is 0 Å². The van der Waals surface area contributed by atoms with Crippen molar-refractivity contribution in [2.24, 2.45) is 5.92 Å². The van der Waals surface area contributed by atoms with Crippen LogP contribution in [0.15, 0.2) is 18.7 Å². The molecule has 68 valence electrons. The van der Waals surface area contributed by atoms with E-state index in [4.69, 9.17) is 0 Å². The van der Waals surface area contributed by atoms with E-state index >= 15 is 0 Å². The Morgan fingerprint density at radius 1 is 1.17 bits per heavy atom. The summed E-state index contributed by atoms with van der Waals surface area (Å²) in [7, 11) is 0. The van der Waals surface area contributed by atoms with Crippen molar-refractivity contribution < 1.29 is 0 Å². The molecular formula is C10H18N2. The van der Waals surface area contributed by atoms with Gasteiger partial charge >= 0.3 is 0 Å². The standard InChI is InChI=1S/C8H12N2.C2H6/c1-7(2)3-8-4-9-6-10-5-8;1-2/h4-7H,3H2,1-2H3;1-2H3. The number of hydrogen-bond acceptors (Lipinski definition) is 2. The molecule has 1 aromatic heterocycles. The van der Waals surface area contributed by atoms with Crippen LogP contribution < -0.4 is 0 Å². The summed E-state index contributed by atoms with van der Waals surface area (Å²) in [5, 5.41) is 0. The molecule has 0 fully saturated rings. The van der Waals surface area contributed by atoms with Crippen LogP contribution in [-0.4, -0.2) is 9.97 Å². The van der Waals surface area contributed by atoms with Crippen molar-refractivity contribution in [2.75, 3.05) is 0 Å². The van der Waals surface area contributed by atoms with Crippen molar-refractivity contribution >= 4 is 0 Å². The highest BCUT2D eigenvalue weighted by Crippen LogP contribution is 2.03. The Labute approximate surface area is 75.1 Å². The van der Waals surface area contributed by atoms with E-state index < -0.39 is 0 Å². The molecule has 0 saturated carbocycles. The molecule has 0 aromatic carbocycles. The zero-order chi connectivity index (χ0) is 9.40. The minimum atomic E-state index is 0.686. The van der Waals surface area contributed by atoms with Crippen LogP contribution >= 0.6 is 0 Å². The summed E-state index contributed by atoms with van der Waals surface area (Å²) >= 11 is 0. The van der Waals surface area contributed by atoms with Crippen LogP contribution in [0.5, 0.6) is 0 Å². The predicted molar refractivity (Wildman–Crippen MR) is 51.9 cm³/mol. The van der Waals surface area contributed by atoms with E-state index in [1.54, 1.807) is 6.33 Å². The largest absolute Gasteiger partial charge is 0.245 e. The first-order valence-electron chi connectivity index (χ1n) is 4.53. The highest BCUT2D eigenvalue weighted by molar-refractivity contribution is 5.02. The summed E-state index contributed by atoms with van der Waals surface area (Å²) < 4.78 is 0. The summed E-state index contributed by atoms with van der Waals surface area (Å²) in [6.45, 7) is 8.38. The van der Waals surface area contributed by atoms with Gasteiger partial charge < -0.3 is 0 Å². The van der Waals surface area contributed by atoms with Gasteiger partial charge in [-0.2, -0.15) is 0 Å². The molecule has 2 heteroatoms. The monoisotopic (exact) mass is 166 g/mol. The molecule has 0 amide bonds. The van der Waals surface area contributed by atoms with Gasteiger partial charge in [0.15, 0.2) is 0 Å². The molecule has 1 heterocycles. The third-order valence-electron chi connectivity index (χ3n) is 1.26. The molecule has 0 saturated heterocycles. The molecule has 0 unspecified atom stereocenters. The van der Waals surface area contributed by atoms with Gasteiger partial charge in [-0.05, 0) is 17.9 Å². The van der Waals surface area contributed by atoms with Crippen molar-refractivity contribution in [1.82, 2.24) is 9.97 Å². The topological polar surface area (TPSA) is 25.8 Å². The van der Waals surface area contributed by atoms with Crippen LogP contribution in [0.1, 0.15) is 33.3 Å². The molecule has 0 radical (unpaired) electrons. The third-order valence-corrected chi connectivity index (χ3v) is 1.26. The lowest BCUT2D eigenvalue weighted by Gasteiger charge is -2.01. The second-order valence-electron chi connectivity index (χ2n) is 2.84. The van der Waals surface area contributed by atoms with Crippen molar-refractivity contribution in [2.45, 2.75) is 34.1 Å². The molecule has 0 bridgehead atoms. The molecule has 0 N–H and O–H groups in total. The van der Waals surface area contributed by atoms with Gasteiger partial charge in [-0.1, -0.05) is 27.7 Å². The van der Waals surface area contributed by atoms with E-state index in [0.29, 0.717) is 5.92 Å². The highest BCUT2D eigenvalue weighted by Gasteiger charge is 1.95. The lowest BCUT2D eigenvalue weighted by atomic mass is 10.1. The van der Waals surface area contributed by atoms with Gasteiger partial charge in [0, 0.05) is 12.4 Å². The first-order chi connectivity index (χ1) is 5.79. The van der Waals surface area contributed by atoms with Gasteiger partial charge in [0.2, 0.25) is 0 Å². The smallest absolute Gasteiger partial charge is 0.115 e. The average molecular weight is 166 g/mol. The lowest BCUT2D eigenvalue weighted by Crippen LogP contribution is -1.94. The minimum absolute atomic E-state index is 0.686. The number of rotatable bonds is 2. The van der Waals surface area contributed by atoms with Crippen molar-refractivity contribution in [1.29, 1.82) is 0 Å². The van der Waals surface area contributed by atoms with Crippen molar-refractivity contribution in [3.8, 4) is 0 Å². The van der Waals surface area contributed by atoms with Crippen LogP contribution in [0.25, 0.3) is 0 Å². The predicted octanol–water partition coefficient (Wildman–Crippen LogP) is 2.70. The van der Waals surface area contributed by atoms with Crippen LogP contribution in [0, 0.1) is 5.92 Å². The summed E-state index contributed by atoms with van der Waals surface area (Å²) in [6, 6.07) is 0. The van der Waals surface area contributed by atoms with Crippen LogP contribution in [0.2, 0.25) is 0 Å². The highest BCUT2D eigenvalue weighted by atomic mass is 14.8. The van der Waals surface area contributed by atoms with Crippen molar-refractivity contribution in [3.05, 3.63) is 24.3 Å². The molecule has 1 aromatic rings. The second-order valence-corrected chi connectivity index (χ2v) is 2.84. The Balaban J connectivity index is 0.000000561. The lowest BCUT2D eigenvalue weighted by molar-refractivity contribution is 0.643. The van der Waals surface area contributed by atoms with E-state index in [0.717, 1.165) is 6.42 Å². The fraction of sp³-hybridized carbons (Fsp3) is 0.600. The van der Waals surface area contributed by atoms with Gasteiger partial charge in [-0.15, -0.1) is 0 Å². The van der Waals surface area contributed by atoms with Gasteiger partial charge in [-0.25, -0.2) is 9.97 Å². The normalized spacial score (nSPS) is 9.08. The zero-order valence-electron chi connectivity index (χ0n) is 8.41. The molecule has 0 atom stereocenters. The van der Waals surface area contributed by atoms with E-state index in [-0.39, 0.29) is 0 Å². The maximum Gasteiger partial charge on any atom is 0.115 e. The van der Waals surface area contributed by atoms with E-state index in [9.17, 15) is 0 Å². The Bertz CT molecular complexity index is 182. The van der Waals surface area contributed by atoms with E-state index in [2.05, 4.69) is 23.8 Å². The summed E-state index contributed by atoms with van der Waals surface area (Å²) in [5.74, 6) is 0.686. The molecule has 0 aliphatic rings.